The van der Waals surface area contributed by atoms with E-state index in [-0.39, 0.29) is 0 Å². The van der Waals surface area contributed by atoms with Crippen LogP contribution in [0.15, 0.2) is 0 Å². The van der Waals surface area contributed by atoms with E-state index in [9.17, 15) is 4.21 Å². The second-order valence-electron chi connectivity index (χ2n) is 3.82. The molecule has 60 valence electrons. The second-order valence-corrected chi connectivity index (χ2v) is 11.5. The Morgan fingerprint density at radius 2 is 2.10 bits per heavy atom. The summed E-state index contributed by atoms with van der Waals surface area (Å²) in [4.78, 5) is 0.529. The molecule has 10 heavy (non-hydrogen) atoms. The molecule has 0 bridgehead atoms. The molecule has 0 saturated carbocycles. The Bertz CT molecular complexity index is 156. The highest BCUT2D eigenvalue weighted by Gasteiger charge is 2.35. The Hall–Kier alpha value is 0.367. The molecule has 2 unspecified atom stereocenters. The molecule has 0 aromatic heterocycles. The molecule has 0 aromatic rings. The van der Waals surface area contributed by atoms with Gasteiger partial charge in [0.15, 0.2) is 0 Å². The molecule has 0 radical (unpaired) electrons. The van der Waals surface area contributed by atoms with Gasteiger partial charge in [0.05, 0.1) is 8.07 Å². The zero-order valence-corrected chi connectivity index (χ0v) is 8.83. The van der Waals surface area contributed by atoms with Crippen molar-refractivity contribution in [2.24, 2.45) is 0 Å². The minimum atomic E-state index is -1.06. The summed E-state index contributed by atoms with van der Waals surface area (Å²) in [5, 5.41) is 0. The van der Waals surface area contributed by atoms with Crippen LogP contribution in [0.1, 0.15) is 13.3 Å². The highest BCUT2D eigenvalue weighted by atomic mass is 32.2. The molecule has 0 spiro atoms. The molecular formula is C7H16OSSi. The second kappa shape index (κ2) is 2.78. The topological polar surface area (TPSA) is 17.1 Å². The van der Waals surface area contributed by atoms with Crippen LogP contribution in [0, 0.1) is 0 Å². The number of hydrogen-bond acceptors (Lipinski definition) is 1. The van der Waals surface area contributed by atoms with E-state index in [2.05, 4.69) is 20.0 Å². The van der Waals surface area contributed by atoms with Crippen LogP contribution in [0.5, 0.6) is 0 Å². The van der Waals surface area contributed by atoms with Crippen molar-refractivity contribution in [3.05, 3.63) is 0 Å². The van der Waals surface area contributed by atoms with E-state index in [1.165, 1.54) is 12.5 Å². The van der Waals surface area contributed by atoms with Crippen LogP contribution in [0.25, 0.3) is 0 Å². The van der Waals surface area contributed by atoms with E-state index in [0.717, 1.165) is 5.75 Å². The van der Waals surface area contributed by atoms with E-state index in [1.807, 2.05) is 0 Å². The van der Waals surface area contributed by atoms with Gasteiger partial charge >= 0.3 is 0 Å². The lowest BCUT2D eigenvalue weighted by molar-refractivity contribution is 0.676. The van der Waals surface area contributed by atoms with Gasteiger partial charge in [0, 0.05) is 21.4 Å². The summed E-state index contributed by atoms with van der Waals surface area (Å²) in [5.41, 5.74) is 0. The van der Waals surface area contributed by atoms with Crippen molar-refractivity contribution in [2.45, 2.75) is 37.4 Å². The zero-order valence-electron chi connectivity index (χ0n) is 7.02. The summed E-state index contributed by atoms with van der Waals surface area (Å²) in [7, 11) is -1.55. The van der Waals surface area contributed by atoms with Crippen LogP contribution in [0.2, 0.25) is 19.1 Å². The first-order valence-corrected chi connectivity index (χ1v) is 8.58. The molecule has 3 heteroatoms. The van der Waals surface area contributed by atoms with E-state index < -0.39 is 18.9 Å². The highest BCUT2D eigenvalue weighted by Crippen LogP contribution is 2.25. The van der Waals surface area contributed by atoms with Gasteiger partial charge in [0.2, 0.25) is 0 Å². The van der Waals surface area contributed by atoms with Crippen LogP contribution >= 0.6 is 0 Å². The number of hydrogen-bond donors (Lipinski definition) is 0. The SMILES string of the molecule is CC1S(=O)CCC[Si]1(C)C. The van der Waals surface area contributed by atoms with Gasteiger partial charge in [0.25, 0.3) is 0 Å². The first-order chi connectivity index (χ1) is 4.54. The van der Waals surface area contributed by atoms with Crippen LogP contribution in [0.3, 0.4) is 0 Å². The van der Waals surface area contributed by atoms with E-state index in [1.54, 1.807) is 0 Å². The van der Waals surface area contributed by atoms with Crippen LogP contribution in [0.4, 0.5) is 0 Å². The largest absolute Gasteiger partial charge is 0.260 e. The maximum absolute atomic E-state index is 11.4. The monoisotopic (exact) mass is 176 g/mol. The van der Waals surface area contributed by atoms with Crippen molar-refractivity contribution in [1.82, 2.24) is 0 Å². The predicted octanol–water partition coefficient (Wildman–Crippen LogP) is 1.77. The van der Waals surface area contributed by atoms with E-state index in [4.69, 9.17) is 0 Å². The van der Waals surface area contributed by atoms with Gasteiger partial charge in [-0.25, -0.2) is 0 Å². The smallest absolute Gasteiger partial charge is 0.0647 e. The van der Waals surface area contributed by atoms with Gasteiger partial charge < -0.3 is 0 Å². The van der Waals surface area contributed by atoms with Gasteiger partial charge in [-0.05, 0) is 6.42 Å². The third kappa shape index (κ3) is 1.51. The van der Waals surface area contributed by atoms with Crippen LogP contribution in [-0.4, -0.2) is 22.9 Å². The Labute approximate surface area is 66.7 Å². The third-order valence-electron chi connectivity index (χ3n) is 2.66. The van der Waals surface area contributed by atoms with Gasteiger partial charge in [0.1, 0.15) is 0 Å². The Morgan fingerprint density at radius 1 is 1.50 bits per heavy atom. The summed E-state index contributed by atoms with van der Waals surface area (Å²) >= 11 is 0. The van der Waals surface area contributed by atoms with E-state index >= 15 is 0 Å². The van der Waals surface area contributed by atoms with Crippen molar-refractivity contribution in [3.8, 4) is 0 Å². The molecule has 1 aliphatic heterocycles. The maximum atomic E-state index is 11.4. The summed E-state index contributed by atoms with van der Waals surface area (Å²) < 4.78 is 11.4. The van der Waals surface area contributed by atoms with Crippen LogP contribution in [-0.2, 0) is 10.8 Å². The van der Waals surface area contributed by atoms with Gasteiger partial charge in [-0.3, -0.25) is 4.21 Å². The van der Waals surface area contributed by atoms with Gasteiger partial charge in [-0.1, -0.05) is 26.1 Å². The lowest BCUT2D eigenvalue weighted by Gasteiger charge is -2.33. The third-order valence-corrected chi connectivity index (χ3v) is 10.7. The zero-order chi connectivity index (χ0) is 7.78. The average Bonchev–Trinajstić information content (AvgIpc) is 1.83. The Balaban J connectivity index is 2.69. The van der Waals surface area contributed by atoms with Crippen molar-refractivity contribution in [1.29, 1.82) is 0 Å². The summed E-state index contributed by atoms with van der Waals surface area (Å²) in [6, 6.07) is 1.37. The Kier molecular flexibility index (Phi) is 2.35. The summed E-state index contributed by atoms with van der Waals surface area (Å²) in [5.74, 6) is 0.956. The molecule has 1 saturated heterocycles. The summed E-state index contributed by atoms with van der Waals surface area (Å²) in [6.07, 6.45) is 1.20. The fraction of sp³-hybridized carbons (Fsp3) is 1.00. The van der Waals surface area contributed by atoms with Crippen molar-refractivity contribution >= 4 is 18.9 Å². The first kappa shape index (κ1) is 8.46. The molecule has 0 N–H and O–H groups in total. The van der Waals surface area contributed by atoms with E-state index in [0.29, 0.717) is 4.87 Å². The minimum Gasteiger partial charge on any atom is -0.260 e. The standard InChI is InChI=1S/C7H16OSSi/c1-7-9(8)5-4-6-10(7,2)3/h7H,4-6H2,1-3H3. The molecule has 0 amide bonds. The number of rotatable bonds is 0. The lowest BCUT2D eigenvalue weighted by atomic mass is 10.6. The molecule has 1 aliphatic rings. The van der Waals surface area contributed by atoms with Gasteiger partial charge in [-0.15, -0.1) is 0 Å². The predicted molar refractivity (Wildman–Crippen MR) is 49.4 cm³/mol. The molecular weight excluding hydrogens is 160 g/mol. The molecule has 1 heterocycles. The maximum Gasteiger partial charge on any atom is 0.0647 e. The van der Waals surface area contributed by atoms with Crippen molar-refractivity contribution in [3.63, 3.8) is 0 Å². The van der Waals surface area contributed by atoms with Crippen molar-refractivity contribution < 1.29 is 4.21 Å². The minimum absolute atomic E-state index is 0.493. The highest BCUT2D eigenvalue weighted by molar-refractivity contribution is 7.87. The first-order valence-electron chi connectivity index (χ1n) is 3.91. The fourth-order valence-corrected chi connectivity index (χ4v) is 7.49. The Morgan fingerprint density at radius 3 is 2.50 bits per heavy atom. The van der Waals surface area contributed by atoms with Crippen molar-refractivity contribution in [2.75, 3.05) is 5.75 Å². The van der Waals surface area contributed by atoms with Gasteiger partial charge in [-0.2, -0.15) is 0 Å². The molecule has 1 nitrogen and oxygen atoms in total. The summed E-state index contributed by atoms with van der Waals surface area (Å²) in [6.45, 7) is 6.88. The molecule has 2 atom stereocenters. The average molecular weight is 176 g/mol. The van der Waals surface area contributed by atoms with Crippen LogP contribution < -0.4 is 0 Å². The molecule has 1 rings (SSSR count). The molecule has 0 aromatic carbocycles. The lowest BCUT2D eigenvalue weighted by Crippen LogP contribution is -2.46. The molecule has 0 aliphatic carbocycles. The normalized spacial score (nSPS) is 39.5. The quantitative estimate of drug-likeness (QED) is 0.514. The molecule has 1 fully saturated rings. The fourth-order valence-electron chi connectivity index (χ4n) is 1.41.